The first-order valence-corrected chi connectivity index (χ1v) is 13.4. The summed E-state index contributed by atoms with van der Waals surface area (Å²) in [6.07, 6.45) is 0. The fourth-order valence-corrected chi connectivity index (χ4v) is 5.65. The van der Waals surface area contributed by atoms with E-state index in [1.165, 1.54) is 0 Å². The number of nitrogens with one attached hydrogen (secondary N) is 1. The predicted octanol–water partition coefficient (Wildman–Crippen LogP) is 5.01. The number of morpholine rings is 1. The van der Waals surface area contributed by atoms with Crippen LogP contribution in [0.2, 0.25) is 5.02 Å². The van der Waals surface area contributed by atoms with E-state index in [1.807, 2.05) is 36.4 Å². The Balaban J connectivity index is 1.33. The maximum atomic E-state index is 13.7. The van der Waals surface area contributed by atoms with Crippen LogP contribution >= 0.6 is 11.6 Å². The van der Waals surface area contributed by atoms with Crippen LogP contribution in [0.1, 0.15) is 15.9 Å². The number of halogens is 1. The summed E-state index contributed by atoms with van der Waals surface area (Å²) in [5.74, 6) is -0.369. The molecule has 4 aromatic rings. The Kier molecular flexibility index (Phi) is 6.74. The van der Waals surface area contributed by atoms with Crippen molar-refractivity contribution in [3.63, 3.8) is 0 Å². The average Bonchev–Trinajstić information content (AvgIpc) is 3.27. The topological polar surface area (TPSA) is 72.0 Å². The number of rotatable bonds is 5. The van der Waals surface area contributed by atoms with Crippen molar-refractivity contribution in [2.24, 2.45) is 0 Å². The lowest BCUT2D eigenvalue weighted by Crippen LogP contribution is -2.44. The van der Waals surface area contributed by atoms with E-state index in [-0.39, 0.29) is 17.2 Å². The highest BCUT2D eigenvalue weighted by Crippen LogP contribution is 2.38. The van der Waals surface area contributed by atoms with Crippen molar-refractivity contribution in [1.29, 1.82) is 0 Å². The van der Waals surface area contributed by atoms with Gasteiger partial charge in [-0.25, -0.2) is 0 Å². The third-order valence-corrected chi connectivity index (χ3v) is 7.94. The number of hydrogen-bond acceptors (Lipinski definition) is 6. The standard InChI is InChI=1S/C30H31ClN4O3/c1-33-9-11-34(12-10-33)23-4-2-3-21(17-23)29(36)28-25-18-24(26(31)19-27(25)32-30(28)37)20-5-7-22(8-6-20)35-13-15-38-16-14-35/h2-8,17-19,32,37H,9-16H2,1H3. The van der Waals surface area contributed by atoms with Crippen LogP contribution in [-0.2, 0) is 4.74 Å². The number of aromatic amines is 1. The minimum atomic E-state index is -0.222. The summed E-state index contributed by atoms with van der Waals surface area (Å²) < 4.78 is 5.46. The van der Waals surface area contributed by atoms with Gasteiger partial charge in [-0.3, -0.25) is 4.79 Å². The molecule has 38 heavy (non-hydrogen) atoms. The van der Waals surface area contributed by atoms with E-state index in [9.17, 15) is 9.90 Å². The Morgan fingerprint density at radius 3 is 2.34 bits per heavy atom. The van der Waals surface area contributed by atoms with Crippen molar-refractivity contribution in [2.45, 2.75) is 0 Å². The Labute approximate surface area is 227 Å². The number of ether oxygens (including phenoxy) is 1. The van der Waals surface area contributed by atoms with Crippen molar-refractivity contribution in [3.8, 4) is 17.0 Å². The highest BCUT2D eigenvalue weighted by atomic mass is 35.5. The number of ketones is 1. The maximum Gasteiger partial charge on any atom is 0.200 e. The monoisotopic (exact) mass is 530 g/mol. The Bertz CT molecular complexity index is 1470. The van der Waals surface area contributed by atoms with Gasteiger partial charge in [0.15, 0.2) is 5.78 Å². The molecule has 6 rings (SSSR count). The molecule has 0 amide bonds. The number of likely N-dealkylation sites (N-methyl/N-ethyl adjacent to an activating group) is 1. The lowest BCUT2D eigenvalue weighted by molar-refractivity contribution is 0.103. The summed E-state index contributed by atoms with van der Waals surface area (Å²) >= 11 is 6.68. The Morgan fingerprint density at radius 1 is 0.895 bits per heavy atom. The molecule has 3 heterocycles. The number of fused-ring (bicyclic) bond motifs is 1. The number of aromatic hydroxyl groups is 1. The van der Waals surface area contributed by atoms with E-state index < -0.39 is 0 Å². The molecule has 0 unspecified atom stereocenters. The van der Waals surface area contributed by atoms with Crippen LogP contribution in [0.4, 0.5) is 11.4 Å². The van der Waals surface area contributed by atoms with Crippen molar-refractivity contribution >= 4 is 39.7 Å². The van der Waals surface area contributed by atoms with Gasteiger partial charge in [0.2, 0.25) is 5.88 Å². The normalized spacial score (nSPS) is 16.8. The number of carbonyl (C=O) groups is 1. The summed E-state index contributed by atoms with van der Waals surface area (Å²) in [7, 11) is 2.12. The molecule has 2 fully saturated rings. The number of carbonyl (C=O) groups excluding carboxylic acids is 1. The van der Waals surface area contributed by atoms with E-state index in [4.69, 9.17) is 16.3 Å². The SMILES string of the molecule is CN1CCN(c2cccc(C(=O)c3c(O)[nH]c4cc(Cl)c(-c5ccc(N6CCOCC6)cc5)cc34)c2)CC1. The van der Waals surface area contributed by atoms with Gasteiger partial charge < -0.3 is 29.5 Å². The molecule has 0 atom stereocenters. The van der Waals surface area contributed by atoms with E-state index in [1.54, 1.807) is 12.1 Å². The lowest BCUT2D eigenvalue weighted by Gasteiger charge is -2.34. The second kappa shape index (κ2) is 10.3. The highest BCUT2D eigenvalue weighted by Gasteiger charge is 2.23. The Morgan fingerprint density at radius 2 is 1.61 bits per heavy atom. The van der Waals surface area contributed by atoms with Crippen molar-refractivity contribution in [2.75, 3.05) is 69.3 Å². The number of benzene rings is 3. The van der Waals surface area contributed by atoms with Gasteiger partial charge in [-0.1, -0.05) is 35.9 Å². The molecular formula is C30H31ClN4O3. The third-order valence-electron chi connectivity index (χ3n) is 7.62. The molecule has 196 valence electrons. The van der Waals surface area contributed by atoms with Crippen molar-refractivity contribution in [1.82, 2.24) is 9.88 Å². The molecule has 1 aromatic heterocycles. The van der Waals surface area contributed by atoms with Gasteiger partial charge in [-0.15, -0.1) is 0 Å². The van der Waals surface area contributed by atoms with Crippen LogP contribution in [0.3, 0.4) is 0 Å². The van der Waals surface area contributed by atoms with Gasteiger partial charge in [0.05, 0.1) is 29.3 Å². The zero-order chi connectivity index (χ0) is 26.2. The van der Waals surface area contributed by atoms with Gasteiger partial charge in [0.25, 0.3) is 0 Å². The number of H-pyrrole nitrogens is 1. The molecule has 0 saturated carbocycles. The summed E-state index contributed by atoms with van der Waals surface area (Å²) in [6.45, 7) is 7.01. The van der Waals surface area contributed by atoms with E-state index in [0.29, 0.717) is 21.5 Å². The molecule has 2 aliphatic heterocycles. The van der Waals surface area contributed by atoms with E-state index in [2.05, 4.69) is 38.9 Å². The summed E-state index contributed by atoms with van der Waals surface area (Å²) in [6, 6.07) is 19.6. The second-order valence-corrected chi connectivity index (χ2v) is 10.4. The molecule has 8 heteroatoms. The van der Waals surface area contributed by atoms with Crippen LogP contribution in [0.15, 0.2) is 60.7 Å². The lowest BCUT2D eigenvalue weighted by atomic mass is 9.98. The molecule has 0 spiro atoms. The van der Waals surface area contributed by atoms with Crippen molar-refractivity contribution < 1.29 is 14.6 Å². The largest absolute Gasteiger partial charge is 0.494 e. The van der Waals surface area contributed by atoms with E-state index in [0.717, 1.165) is 75.0 Å². The number of aromatic nitrogens is 1. The minimum absolute atomic E-state index is 0.147. The van der Waals surface area contributed by atoms with Crippen LogP contribution < -0.4 is 9.80 Å². The average molecular weight is 531 g/mol. The van der Waals surface area contributed by atoms with Crippen LogP contribution in [0, 0.1) is 0 Å². The van der Waals surface area contributed by atoms with Gasteiger partial charge in [-0.05, 0) is 49.0 Å². The summed E-state index contributed by atoms with van der Waals surface area (Å²) in [5.41, 5.74) is 5.36. The molecule has 0 aliphatic carbocycles. The van der Waals surface area contributed by atoms with Crippen LogP contribution in [-0.4, -0.2) is 80.3 Å². The molecule has 7 nitrogen and oxygen atoms in total. The van der Waals surface area contributed by atoms with Gasteiger partial charge in [-0.2, -0.15) is 0 Å². The molecule has 3 aromatic carbocycles. The zero-order valence-electron chi connectivity index (χ0n) is 21.4. The zero-order valence-corrected chi connectivity index (χ0v) is 22.2. The molecular weight excluding hydrogens is 500 g/mol. The Hall–Kier alpha value is -3.52. The molecule has 2 saturated heterocycles. The smallest absolute Gasteiger partial charge is 0.200 e. The first-order valence-electron chi connectivity index (χ1n) is 13.0. The minimum Gasteiger partial charge on any atom is -0.494 e. The van der Waals surface area contributed by atoms with Gasteiger partial charge in [0, 0.05) is 67.2 Å². The maximum absolute atomic E-state index is 13.7. The van der Waals surface area contributed by atoms with Gasteiger partial charge in [0.1, 0.15) is 0 Å². The predicted molar refractivity (Wildman–Crippen MR) is 153 cm³/mol. The number of hydrogen-bond donors (Lipinski definition) is 2. The van der Waals surface area contributed by atoms with Gasteiger partial charge >= 0.3 is 0 Å². The number of anilines is 2. The number of piperazine rings is 1. The first kappa shape index (κ1) is 24.8. The molecule has 2 N–H and O–H groups in total. The fraction of sp³-hybridized carbons (Fsp3) is 0.300. The van der Waals surface area contributed by atoms with Crippen LogP contribution in [0.5, 0.6) is 5.88 Å². The fourth-order valence-electron chi connectivity index (χ4n) is 5.38. The van der Waals surface area contributed by atoms with Crippen molar-refractivity contribution in [3.05, 3.63) is 76.8 Å². The van der Waals surface area contributed by atoms with E-state index >= 15 is 0 Å². The first-order chi connectivity index (χ1) is 18.5. The third kappa shape index (κ3) is 4.73. The molecule has 2 aliphatic rings. The quantitative estimate of drug-likeness (QED) is 0.353. The molecule has 0 radical (unpaired) electrons. The molecule has 0 bridgehead atoms. The highest BCUT2D eigenvalue weighted by molar-refractivity contribution is 6.34. The summed E-state index contributed by atoms with van der Waals surface area (Å²) in [4.78, 5) is 23.6. The number of nitrogens with zero attached hydrogens (tertiary/aromatic N) is 3. The summed E-state index contributed by atoms with van der Waals surface area (Å²) in [5, 5.41) is 12.0. The second-order valence-electron chi connectivity index (χ2n) is 10.0. The van der Waals surface area contributed by atoms with Crippen LogP contribution in [0.25, 0.3) is 22.0 Å².